The zero-order valence-corrected chi connectivity index (χ0v) is 12.9. The molecule has 0 saturated heterocycles. The summed E-state index contributed by atoms with van der Waals surface area (Å²) in [6.45, 7) is 7.31. The summed E-state index contributed by atoms with van der Waals surface area (Å²) in [5.41, 5.74) is 6.87. The predicted molar refractivity (Wildman–Crippen MR) is 76.6 cm³/mol. The Morgan fingerprint density at radius 2 is 1.74 bits per heavy atom. The maximum absolute atomic E-state index is 12.5. The molecule has 19 heavy (non-hydrogen) atoms. The van der Waals surface area contributed by atoms with Crippen LogP contribution in [0.25, 0.3) is 0 Å². The highest BCUT2D eigenvalue weighted by Gasteiger charge is 2.28. The number of rotatable bonds is 5. The number of sulfonamides is 1. The summed E-state index contributed by atoms with van der Waals surface area (Å²) in [7, 11) is -2.07. The van der Waals surface area contributed by atoms with E-state index in [0.717, 1.165) is 0 Å². The number of methoxy groups -OCH3 is 1. The number of ether oxygens (including phenoxy) is 1. The van der Waals surface area contributed by atoms with Crippen LogP contribution in [0.4, 0.5) is 5.69 Å². The average Bonchev–Trinajstić information content (AvgIpc) is 2.11. The maximum atomic E-state index is 12.5. The van der Waals surface area contributed by atoms with Crippen molar-refractivity contribution in [3.8, 4) is 0 Å². The molecule has 0 unspecified atom stereocenters. The first kappa shape index (κ1) is 15.9. The summed E-state index contributed by atoms with van der Waals surface area (Å²) >= 11 is 0. The lowest BCUT2D eigenvalue weighted by atomic mass is 10.1. The van der Waals surface area contributed by atoms with Gasteiger partial charge >= 0.3 is 0 Å². The number of nitrogens with one attached hydrogen (secondary N) is 1. The average molecular weight is 286 g/mol. The molecule has 0 aliphatic carbocycles. The molecule has 1 aromatic rings. The number of benzene rings is 1. The van der Waals surface area contributed by atoms with Crippen LogP contribution in [0.3, 0.4) is 0 Å². The summed E-state index contributed by atoms with van der Waals surface area (Å²) in [5.74, 6) is 0. The molecule has 0 heterocycles. The van der Waals surface area contributed by atoms with E-state index in [1.165, 1.54) is 7.11 Å². The number of hydrogen-bond donors (Lipinski definition) is 2. The van der Waals surface area contributed by atoms with Gasteiger partial charge in [-0.3, -0.25) is 0 Å². The molecule has 1 aromatic carbocycles. The fourth-order valence-electron chi connectivity index (χ4n) is 2.21. The van der Waals surface area contributed by atoms with Crippen molar-refractivity contribution in [3.05, 3.63) is 23.3 Å². The summed E-state index contributed by atoms with van der Waals surface area (Å²) < 4.78 is 32.6. The standard InChI is InChI=1S/C13H22N2O3S/c1-9-6-11(14)7-10(2)12(9)19(16,17)15-13(3,4)8-18-5/h6-7,15H,8,14H2,1-5H3. The minimum Gasteiger partial charge on any atom is -0.399 e. The van der Waals surface area contributed by atoms with Crippen LogP contribution in [0.5, 0.6) is 0 Å². The SMILES string of the molecule is COCC(C)(C)NS(=O)(=O)c1c(C)cc(N)cc1C. The first-order valence-electron chi connectivity index (χ1n) is 5.99. The second kappa shape index (κ2) is 5.48. The van der Waals surface area contributed by atoms with Gasteiger partial charge in [0.1, 0.15) is 0 Å². The lowest BCUT2D eigenvalue weighted by Crippen LogP contribution is -2.46. The van der Waals surface area contributed by atoms with Gasteiger partial charge in [-0.1, -0.05) is 0 Å². The van der Waals surface area contributed by atoms with E-state index in [1.807, 2.05) is 0 Å². The number of anilines is 1. The van der Waals surface area contributed by atoms with Crippen LogP contribution in [-0.4, -0.2) is 27.7 Å². The molecule has 0 aliphatic heterocycles. The van der Waals surface area contributed by atoms with E-state index in [-0.39, 0.29) is 4.90 Å². The third-order valence-electron chi connectivity index (χ3n) is 2.67. The highest BCUT2D eigenvalue weighted by Crippen LogP contribution is 2.24. The summed E-state index contributed by atoms with van der Waals surface area (Å²) in [4.78, 5) is 0.283. The van der Waals surface area contributed by atoms with Crippen LogP contribution >= 0.6 is 0 Å². The van der Waals surface area contributed by atoms with Gasteiger partial charge in [-0.25, -0.2) is 13.1 Å². The molecule has 0 atom stereocenters. The van der Waals surface area contributed by atoms with E-state index in [2.05, 4.69) is 4.72 Å². The van der Waals surface area contributed by atoms with Gasteiger partial charge < -0.3 is 10.5 Å². The molecule has 0 bridgehead atoms. The first-order valence-corrected chi connectivity index (χ1v) is 7.47. The quantitative estimate of drug-likeness (QED) is 0.805. The molecule has 0 aromatic heterocycles. The molecule has 0 radical (unpaired) electrons. The molecule has 0 spiro atoms. The minimum atomic E-state index is -3.60. The molecular formula is C13H22N2O3S. The van der Waals surface area contributed by atoms with Crippen molar-refractivity contribution in [1.29, 1.82) is 0 Å². The van der Waals surface area contributed by atoms with Crippen molar-refractivity contribution in [2.75, 3.05) is 19.5 Å². The Labute approximate surface area is 115 Å². The van der Waals surface area contributed by atoms with Crippen molar-refractivity contribution in [2.45, 2.75) is 38.1 Å². The Morgan fingerprint density at radius 3 is 2.16 bits per heavy atom. The largest absolute Gasteiger partial charge is 0.399 e. The fourth-order valence-corrected chi connectivity index (χ4v) is 4.07. The summed E-state index contributed by atoms with van der Waals surface area (Å²) in [5, 5.41) is 0. The van der Waals surface area contributed by atoms with Crippen LogP contribution < -0.4 is 10.5 Å². The fraction of sp³-hybridized carbons (Fsp3) is 0.538. The molecular weight excluding hydrogens is 264 g/mol. The highest BCUT2D eigenvalue weighted by atomic mass is 32.2. The summed E-state index contributed by atoms with van der Waals surface area (Å²) in [6.07, 6.45) is 0. The normalized spacial score (nSPS) is 12.7. The molecule has 108 valence electrons. The van der Waals surface area contributed by atoms with Crippen LogP contribution in [0.15, 0.2) is 17.0 Å². The van der Waals surface area contributed by atoms with Gasteiger partial charge in [-0.2, -0.15) is 0 Å². The zero-order chi connectivity index (χ0) is 14.8. The van der Waals surface area contributed by atoms with Gasteiger partial charge in [0.05, 0.1) is 17.0 Å². The van der Waals surface area contributed by atoms with E-state index >= 15 is 0 Å². The molecule has 0 saturated carbocycles. The van der Waals surface area contributed by atoms with E-state index in [1.54, 1.807) is 39.8 Å². The smallest absolute Gasteiger partial charge is 0.241 e. The van der Waals surface area contributed by atoms with Crippen molar-refractivity contribution >= 4 is 15.7 Å². The van der Waals surface area contributed by atoms with Gasteiger partial charge in [0, 0.05) is 12.8 Å². The lowest BCUT2D eigenvalue weighted by Gasteiger charge is -2.26. The van der Waals surface area contributed by atoms with E-state index in [4.69, 9.17) is 10.5 Å². The number of hydrogen-bond acceptors (Lipinski definition) is 4. The molecule has 1 rings (SSSR count). The monoisotopic (exact) mass is 286 g/mol. The van der Waals surface area contributed by atoms with Gasteiger partial charge in [-0.15, -0.1) is 0 Å². The Balaban J connectivity index is 3.22. The van der Waals surface area contributed by atoms with Gasteiger partial charge in [0.25, 0.3) is 0 Å². The highest BCUT2D eigenvalue weighted by molar-refractivity contribution is 7.89. The Hall–Kier alpha value is -1.11. The number of nitrogens with two attached hydrogens (primary N) is 1. The molecule has 5 nitrogen and oxygen atoms in total. The molecule has 0 fully saturated rings. The van der Waals surface area contributed by atoms with E-state index in [0.29, 0.717) is 23.4 Å². The number of nitrogen functional groups attached to an aromatic ring is 1. The van der Waals surface area contributed by atoms with Crippen LogP contribution in [0.2, 0.25) is 0 Å². The number of aryl methyl sites for hydroxylation is 2. The Bertz CT molecular complexity index is 542. The summed E-state index contributed by atoms with van der Waals surface area (Å²) in [6, 6.07) is 3.32. The van der Waals surface area contributed by atoms with Crippen LogP contribution in [-0.2, 0) is 14.8 Å². The molecule has 0 aliphatic rings. The zero-order valence-electron chi connectivity index (χ0n) is 12.1. The second-order valence-electron chi connectivity index (χ2n) is 5.41. The Morgan fingerprint density at radius 1 is 1.26 bits per heavy atom. The lowest BCUT2D eigenvalue weighted by molar-refractivity contribution is 0.141. The van der Waals surface area contributed by atoms with Gasteiger partial charge in [-0.05, 0) is 51.0 Å². The Kier molecular flexibility index (Phi) is 4.60. The third kappa shape index (κ3) is 3.92. The van der Waals surface area contributed by atoms with Crippen LogP contribution in [0.1, 0.15) is 25.0 Å². The van der Waals surface area contributed by atoms with Crippen molar-refractivity contribution in [3.63, 3.8) is 0 Å². The molecule has 0 amide bonds. The first-order chi connectivity index (χ1) is 8.59. The third-order valence-corrected chi connectivity index (χ3v) is 4.67. The van der Waals surface area contributed by atoms with Crippen molar-refractivity contribution < 1.29 is 13.2 Å². The second-order valence-corrected chi connectivity index (χ2v) is 7.03. The van der Waals surface area contributed by atoms with Crippen LogP contribution in [0, 0.1) is 13.8 Å². The van der Waals surface area contributed by atoms with E-state index < -0.39 is 15.6 Å². The minimum absolute atomic E-state index is 0.283. The topological polar surface area (TPSA) is 81.4 Å². The molecule has 3 N–H and O–H groups in total. The maximum Gasteiger partial charge on any atom is 0.241 e. The molecule has 6 heteroatoms. The van der Waals surface area contributed by atoms with Crippen molar-refractivity contribution in [2.24, 2.45) is 0 Å². The van der Waals surface area contributed by atoms with Gasteiger partial charge in [0.2, 0.25) is 10.0 Å². The van der Waals surface area contributed by atoms with E-state index in [9.17, 15) is 8.42 Å². The van der Waals surface area contributed by atoms with Gasteiger partial charge in [0.15, 0.2) is 0 Å². The van der Waals surface area contributed by atoms with Crippen molar-refractivity contribution in [1.82, 2.24) is 4.72 Å². The predicted octanol–water partition coefficient (Wildman–Crippen LogP) is 1.59.